The van der Waals surface area contributed by atoms with E-state index in [1.165, 1.54) is 4.88 Å². The van der Waals surface area contributed by atoms with Crippen LogP contribution in [0.15, 0.2) is 36.4 Å². The molecule has 0 amide bonds. The molecule has 0 fully saturated rings. The number of thiophene rings is 1. The molecule has 5 nitrogen and oxygen atoms in total. The minimum Gasteiger partial charge on any atom is -0.380 e. The zero-order valence-corrected chi connectivity index (χ0v) is 12.3. The predicted molar refractivity (Wildman–Crippen MR) is 80.9 cm³/mol. The number of tetrazole rings is 1. The van der Waals surface area contributed by atoms with Gasteiger partial charge in [-0.25, -0.2) is 4.68 Å². The molecule has 2 aromatic heterocycles. The van der Waals surface area contributed by atoms with Gasteiger partial charge in [0, 0.05) is 29.7 Å². The number of nitrogens with one attached hydrogen (secondary N) is 1. The van der Waals surface area contributed by atoms with E-state index >= 15 is 0 Å². The summed E-state index contributed by atoms with van der Waals surface area (Å²) in [5.74, 6) is 0.743. The molecule has 0 radical (unpaired) electrons. The Hall–Kier alpha value is -1.92. The Balaban J connectivity index is 1.76. The van der Waals surface area contributed by atoms with Crippen molar-refractivity contribution in [3.63, 3.8) is 0 Å². The van der Waals surface area contributed by atoms with Crippen LogP contribution in [0.4, 0.5) is 5.69 Å². The minimum absolute atomic E-state index is 0.743. The van der Waals surface area contributed by atoms with E-state index in [1.54, 1.807) is 16.0 Å². The second kappa shape index (κ2) is 5.60. The van der Waals surface area contributed by atoms with E-state index in [4.69, 9.17) is 11.6 Å². The van der Waals surface area contributed by atoms with Gasteiger partial charge in [0.05, 0.1) is 4.34 Å². The van der Waals surface area contributed by atoms with Crippen molar-refractivity contribution in [2.75, 3.05) is 5.32 Å². The average molecular weight is 306 g/mol. The molecule has 1 aromatic carbocycles. The molecule has 0 aliphatic rings. The molecule has 0 saturated heterocycles. The predicted octanol–water partition coefficient (Wildman–Crippen LogP) is 3.20. The third-order valence-corrected chi connectivity index (χ3v) is 4.07. The summed E-state index contributed by atoms with van der Waals surface area (Å²) in [6.45, 7) is 0.748. The van der Waals surface area contributed by atoms with Crippen molar-refractivity contribution in [1.29, 1.82) is 0 Å². The van der Waals surface area contributed by atoms with Gasteiger partial charge in [0.15, 0.2) is 5.82 Å². The lowest BCUT2D eigenvalue weighted by molar-refractivity contribution is 0.714. The molecule has 0 spiro atoms. The van der Waals surface area contributed by atoms with Crippen LogP contribution in [0.1, 0.15) is 4.88 Å². The van der Waals surface area contributed by atoms with Crippen LogP contribution in [-0.2, 0) is 13.6 Å². The van der Waals surface area contributed by atoms with Crippen LogP contribution in [-0.4, -0.2) is 20.2 Å². The van der Waals surface area contributed by atoms with Crippen molar-refractivity contribution < 1.29 is 0 Å². The van der Waals surface area contributed by atoms with Crippen molar-refractivity contribution in [2.24, 2.45) is 7.05 Å². The van der Waals surface area contributed by atoms with E-state index < -0.39 is 0 Å². The van der Waals surface area contributed by atoms with E-state index in [1.807, 2.05) is 43.4 Å². The molecule has 0 atom stereocenters. The smallest absolute Gasteiger partial charge is 0.181 e. The van der Waals surface area contributed by atoms with Crippen molar-refractivity contribution >= 4 is 28.6 Å². The Bertz CT molecular complexity index is 721. The lowest BCUT2D eigenvalue weighted by atomic mass is 10.2. The summed E-state index contributed by atoms with van der Waals surface area (Å²) in [4.78, 5) is 1.20. The van der Waals surface area contributed by atoms with Crippen LogP contribution in [0.3, 0.4) is 0 Å². The van der Waals surface area contributed by atoms with E-state index in [9.17, 15) is 0 Å². The van der Waals surface area contributed by atoms with Gasteiger partial charge < -0.3 is 5.32 Å². The second-order valence-electron chi connectivity index (χ2n) is 4.27. The lowest BCUT2D eigenvalue weighted by Gasteiger charge is -2.06. The molecule has 0 unspecified atom stereocenters. The number of aromatic nitrogens is 4. The number of hydrogen-bond donors (Lipinski definition) is 1. The van der Waals surface area contributed by atoms with Crippen LogP contribution in [0.5, 0.6) is 0 Å². The standard InChI is InChI=1S/C13H12ClN5S/c1-19-13(16-17-18-19)9-3-2-4-10(7-9)15-8-11-5-6-12(14)20-11/h2-7,15H,8H2,1H3. The molecule has 0 saturated carbocycles. The first kappa shape index (κ1) is 13.1. The molecule has 0 bridgehead atoms. The maximum atomic E-state index is 5.92. The summed E-state index contributed by atoms with van der Waals surface area (Å²) < 4.78 is 2.46. The van der Waals surface area contributed by atoms with Gasteiger partial charge in [-0.3, -0.25) is 0 Å². The van der Waals surface area contributed by atoms with E-state index in [-0.39, 0.29) is 0 Å². The largest absolute Gasteiger partial charge is 0.380 e. The normalized spacial score (nSPS) is 10.7. The summed E-state index contributed by atoms with van der Waals surface area (Å²) in [7, 11) is 1.82. The maximum absolute atomic E-state index is 5.92. The van der Waals surface area contributed by atoms with Gasteiger partial charge in [0.2, 0.25) is 0 Å². The number of nitrogens with zero attached hydrogens (tertiary/aromatic N) is 4. The summed E-state index contributed by atoms with van der Waals surface area (Å²) in [5, 5.41) is 14.9. The van der Waals surface area contributed by atoms with Crippen LogP contribution >= 0.6 is 22.9 Å². The zero-order valence-electron chi connectivity index (χ0n) is 10.7. The topological polar surface area (TPSA) is 55.6 Å². The van der Waals surface area contributed by atoms with Crippen LogP contribution < -0.4 is 5.32 Å². The number of halogens is 1. The molecule has 3 aromatic rings. The SMILES string of the molecule is Cn1nnnc1-c1cccc(NCc2ccc(Cl)s2)c1. The Morgan fingerprint density at radius 1 is 1.30 bits per heavy atom. The van der Waals surface area contributed by atoms with Crippen LogP contribution in [0.25, 0.3) is 11.4 Å². The highest BCUT2D eigenvalue weighted by Crippen LogP contribution is 2.23. The Labute approximate surface area is 125 Å². The molecular formula is C13H12ClN5S. The minimum atomic E-state index is 0.743. The Kier molecular flexibility index (Phi) is 3.66. The second-order valence-corrected chi connectivity index (χ2v) is 6.07. The number of aryl methyl sites for hydroxylation is 1. The summed E-state index contributed by atoms with van der Waals surface area (Å²) in [6, 6.07) is 11.9. The number of benzene rings is 1. The number of hydrogen-bond acceptors (Lipinski definition) is 5. The molecule has 3 rings (SSSR count). The summed E-state index contributed by atoms with van der Waals surface area (Å²) >= 11 is 7.50. The molecule has 0 aliphatic carbocycles. The highest BCUT2D eigenvalue weighted by molar-refractivity contribution is 7.16. The Morgan fingerprint density at radius 3 is 2.90 bits per heavy atom. The quantitative estimate of drug-likeness (QED) is 0.804. The highest BCUT2D eigenvalue weighted by atomic mass is 35.5. The molecule has 102 valence electrons. The molecular weight excluding hydrogens is 294 g/mol. The molecule has 2 heterocycles. The third-order valence-electron chi connectivity index (χ3n) is 2.84. The summed E-state index contributed by atoms with van der Waals surface area (Å²) in [5.41, 5.74) is 2.00. The van der Waals surface area contributed by atoms with Gasteiger partial charge in [0.1, 0.15) is 0 Å². The maximum Gasteiger partial charge on any atom is 0.181 e. The highest BCUT2D eigenvalue weighted by Gasteiger charge is 2.06. The van der Waals surface area contributed by atoms with E-state index in [0.29, 0.717) is 0 Å². The monoisotopic (exact) mass is 305 g/mol. The lowest BCUT2D eigenvalue weighted by Crippen LogP contribution is -1.99. The Morgan fingerprint density at radius 2 is 2.20 bits per heavy atom. The van der Waals surface area contributed by atoms with Gasteiger partial charge in [-0.05, 0) is 34.7 Å². The van der Waals surface area contributed by atoms with Gasteiger partial charge >= 0.3 is 0 Å². The van der Waals surface area contributed by atoms with Crippen molar-refractivity contribution in [1.82, 2.24) is 20.2 Å². The van der Waals surface area contributed by atoms with Gasteiger partial charge in [-0.1, -0.05) is 23.7 Å². The number of rotatable bonds is 4. The fourth-order valence-electron chi connectivity index (χ4n) is 1.88. The average Bonchev–Trinajstić information content (AvgIpc) is 3.05. The molecule has 20 heavy (non-hydrogen) atoms. The fraction of sp³-hybridized carbons (Fsp3) is 0.154. The zero-order chi connectivity index (χ0) is 13.9. The van der Waals surface area contributed by atoms with Crippen LogP contribution in [0.2, 0.25) is 4.34 Å². The van der Waals surface area contributed by atoms with Crippen molar-refractivity contribution in [3.8, 4) is 11.4 Å². The fourth-order valence-corrected chi connectivity index (χ4v) is 2.91. The van der Waals surface area contributed by atoms with Gasteiger partial charge in [-0.2, -0.15) is 0 Å². The van der Waals surface area contributed by atoms with Crippen LogP contribution in [0, 0.1) is 0 Å². The van der Waals surface area contributed by atoms with E-state index in [2.05, 4.69) is 20.8 Å². The van der Waals surface area contributed by atoms with Gasteiger partial charge in [0.25, 0.3) is 0 Å². The van der Waals surface area contributed by atoms with Gasteiger partial charge in [-0.15, -0.1) is 16.4 Å². The molecule has 7 heteroatoms. The first-order chi connectivity index (χ1) is 9.72. The van der Waals surface area contributed by atoms with E-state index in [0.717, 1.165) is 28.0 Å². The molecule has 1 N–H and O–H groups in total. The molecule has 0 aliphatic heterocycles. The van der Waals surface area contributed by atoms with Crippen molar-refractivity contribution in [3.05, 3.63) is 45.6 Å². The first-order valence-electron chi connectivity index (χ1n) is 6.03. The number of anilines is 1. The summed E-state index contributed by atoms with van der Waals surface area (Å²) in [6.07, 6.45) is 0. The van der Waals surface area contributed by atoms with Crippen molar-refractivity contribution in [2.45, 2.75) is 6.54 Å². The third kappa shape index (κ3) is 2.81. The first-order valence-corrected chi connectivity index (χ1v) is 7.23.